The van der Waals surface area contributed by atoms with Crippen LogP contribution in [-0.4, -0.2) is 50.4 Å². The number of thiazole rings is 1. The molecule has 0 spiro atoms. The van der Waals surface area contributed by atoms with Crippen molar-refractivity contribution in [2.75, 3.05) is 30.3 Å². The molecule has 10 heteroatoms. The molecule has 3 aromatic heterocycles. The maximum Gasteiger partial charge on any atom is 0.199 e. The molecule has 4 N–H and O–H groups in total. The highest BCUT2D eigenvalue weighted by molar-refractivity contribution is 7.10. The lowest BCUT2D eigenvalue weighted by molar-refractivity contribution is 0.0883. The van der Waals surface area contributed by atoms with Gasteiger partial charge < -0.3 is 21.1 Å². The standard InChI is InChI=1S/C21H30FN7OS/c1-11(2)15-9-25-29-18(26-13(4)21-27-12(3)19(22)31-21)7-17(28-20(15)29)24-8-14-5-6-23-10-16(14)30/h7,9,11,13-14,16,23,26,30H,5-6,8,10H2,1-4H3,(H,24,28)/t13-,14+,16-/m0/s1. The summed E-state index contributed by atoms with van der Waals surface area (Å²) in [5, 5.41) is 25.2. The van der Waals surface area contributed by atoms with Gasteiger partial charge in [0.2, 0.25) is 0 Å². The Labute approximate surface area is 185 Å². The summed E-state index contributed by atoms with van der Waals surface area (Å²) in [4.78, 5) is 9.14. The van der Waals surface area contributed by atoms with Crippen molar-refractivity contribution in [2.24, 2.45) is 5.92 Å². The van der Waals surface area contributed by atoms with Crippen LogP contribution in [0.2, 0.25) is 0 Å². The van der Waals surface area contributed by atoms with E-state index in [9.17, 15) is 9.50 Å². The first kappa shape index (κ1) is 21.9. The Morgan fingerprint density at radius 2 is 2.16 bits per heavy atom. The van der Waals surface area contributed by atoms with Crippen molar-refractivity contribution in [1.82, 2.24) is 24.9 Å². The van der Waals surface area contributed by atoms with E-state index in [0.717, 1.165) is 47.1 Å². The third kappa shape index (κ3) is 4.65. The quantitative estimate of drug-likeness (QED) is 0.441. The number of piperidine rings is 1. The van der Waals surface area contributed by atoms with Gasteiger partial charge in [-0.1, -0.05) is 25.2 Å². The molecule has 0 aliphatic carbocycles. The molecule has 1 fully saturated rings. The van der Waals surface area contributed by atoms with Crippen molar-refractivity contribution < 1.29 is 9.50 Å². The van der Waals surface area contributed by atoms with Crippen molar-refractivity contribution in [3.05, 3.63) is 33.7 Å². The summed E-state index contributed by atoms with van der Waals surface area (Å²) in [6.07, 6.45) is 2.39. The van der Waals surface area contributed by atoms with E-state index in [1.54, 1.807) is 11.4 Å². The molecule has 31 heavy (non-hydrogen) atoms. The van der Waals surface area contributed by atoms with Gasteiger partial charge in [0.15, 0.2) is 10.8 Å². The van der Waals surface area contributed by atoms with Crippen LogP contribution in [0.1, 0.15) is 55.4 Å². The van der Waals surface area contributed by atoms with Crippen LogP contribution in [0.5, 0.6) is 0 Å². The molecular weight excluding hydrogens is 417 g/mol. The van der Waals surface area contributed by atoms with E-state index >= 15 is 0 Å². The third-order valence-corrected chi connectivity index (χ3v) is 6.88. The van der Waals surface area contributed by atoms with Crippen molar-refractivity contribution >= 4 is 28.6 Å². The first-order valence-electron chi connectivity index (χ1n) is 10.7. The van der Waals surface area contributed by atoms with E-state index in [1.165, 1.54) is 0 Å². The van der Waals surface area contributed by atoms with E-state index < -0.39 is 0 Å². The maximum atomic E-state index is 13.8. The molecule has 0 bridgehead atoms. The molecule has 3 aromatic rings. The Morgan fingerprint density at radius 1 is 1.35 bits per heavy atom. The number of hydrogen-bond donors (Lipinski definition) is 4. The molecule has 4 rings (SSSR count). The lowest BCUT2D eigenvalue weighted by Gasteiger charge is -2.28. The number of aryl methyl sites for hydroxylation is 1. The lowest BCUT2D eigenvalue weighted by Crippen LogP contribution is -2.43. The number of aromatic nitrogens is 4. The molecule has 8 nitrogen and oxygen atoms in total. The molecule has 1 aliphatic heterocycles. The van der Waals surface area contributed by atoms with Gasteiger partial charge in [-0.05, 0) is 32.7 Å². The monoisotopic (exact) mass is 447 g/mol. The number of rotatable bonds is 7. The minimum atomic E-state index is -0.369. The largest absolute Gasteiger partial charge is 0.391 e. The highest BCUT2D eigenvalue weighted by Crippen LogP contribution is 2.29. The normalized spacial score (nSPS) is 20.4. The zero-order valence-electron chi connectivity index (χ0n) is 18.3. The van der Waals surface area contributed by atoms with Gasteiger partial charge in [0.25, 0.3) is 0 Å². The fourth-order valence-electron chi connectivity index (χ4n) is 3.82. The molecule has 3 atom stereocenters. The second-order valence-electron chi connectivity index (χ2n) is 8.50. The number of β-amino-alcohol motifs (C(OH)–C–C–N with tert-alkyl or cyclic N) is 1. The number of aliphatic hydroxyl groups excluding tert-OH is 1. The number of halogens is 1. The summed E-state index contributed by atoms with van der Waals surface area (Å²) >= 11 is 1.06. The molecular formula is C21H30FN7OS. The number of hydrogen-bond acceptors (Lipinski definition) is 8. The molecule has 0 aromatic carbocycles. The van der Waals surface area contributed by atoms with Crippen LogP contribution < -0.4 is 16.0 Å². The average Bonchev–Trinajstić information content (AvgIpc) is 3.31. The molecule has 0 amide bonds. The molecule has 168 valence electrons. The topological polar surface area (TPSA) is 99.4 Å². The highest BCUT2D eigenvalue weighted by Gasteiger charge is 2.23. The number of aliphatic hydroxyl groups is 1. The molecule has 0 unspecified atom stereocenters. The van der Waals surface area contributed by atoms with Crippen LogP contribution in [-0.2, 0) is 0 Å². The lowest BCUT2D eigenvalue weighted by atomic mass is 9.95. The van der Waals surface area contributed by atoms with E-state index in [4.69, 9.17) is 4.98 Å². The number of nitrogens with zero attached hydrogens (tertiary/aromatic N) is 4. The van der Waals surface area contributed by atoms with Gasteiger partial charge in [0, 0.05) is 30.6 Å². The van der Waals surface area contributed by atoms with Crippen molar-refractivity contribution in [3.8, 4) is 0 Å². The molecule has 0 radical (unpaired) electrons. The van der Waals surface area contributed by atoms with E-state index in [1.807, 2.05) is 19.2 Å². The van der Waals surface area contributed by atoms with Gasteiger partial charge >= 0.3 is 0 Å². The average molecular weight is 448 g/mol. The smallest absolute Gasteiger partial charge is 0.199 e. The fraction of sp³-hybridized carbons (Fsp3) is 0.571. The summed E-state index contributed by atoms with van der Waals surface area (Å²) < 4.78 is 15.6. The van der Waals surface area contributed by atoms with Crippen molar-refractivity contribution in [3.63, 3.8) is 0 Å². The van der Waals surface area contributed by atoms with E-state index in [0.29, 0.717) is 23.8 Å². The maximum absolute atomic E-state index is 13.8. The second kappa shape index (κ2) is 9.05. The number of nitrogens with one attached hydrogen (secondary N) is 3. The molecule has 1 saturated heterocycles. The van der Waals surface area contributed by atoms with Crippen LogP contribution in [0.15, 0.2) is 12.3 Å². The van der Waals surface area contributed by atoms with E-state index in [2.05, 4.69) is 39.9 Å². The van der Waals surface area contributed by atoms with Gasteiger partial charge in [-0.2, -0.15) is 14.0 Å². The van der Waals surface area contributed by atoms with E-state index in [-0.39, 0.29) is 29.1 Å². The summed E-state index contributed by atoms with van der Waals surface area (Å²) in [5.74, 6) is 1.92. The Hall–Kier alpha value is -2.30. The van der Waals surface area contributed by atoms with Crippen LogP contribution >= 0.6 is 11.3 Å². The summed E-state index contributed by atoms with van der Waals surface area (Å²) in [7, 11) is 0. The van der Waals surface area contributed by atoms with Crippen LogP contribution in [0.25, 0.3) is 5.65 Å². The van der Waals surface area contributed by atoms with Gasteiger partial charge in [-0.3, -0.25) is 0 Å². The summed E-state index contributed by atoms with van der Waals surface area (Å²) in [6.45, 7) is 10.0. The predicted molar refractivity (Wildman–Crippen MR) is 121 cm³/mol. The zero-order valence-corrected chi connectivity index (χ0v) is 19.1. The minimum Gasteiger partial charge on any atom is -0.391 e. The Morgan fingerprint density at radius 3 is 2.84 bits per heavy atom. The first-order chi connectivity index (χ1) is 14.8. The SMILES string of the molecule is Cc1nc([C@H](C)Nc2cc(NC[C@H]3CCNC[C@@H]3O)nc3c(C(C)C)cnn23)sc1F. The van der Waals surface area contributed by atoms with Gasteiger partial charge in [0.1, 0.15) is 16.6 Å². The summed E-state index contributed by atoms with van der Waals surface area (Å²) in [6, 6.07) is 1.72. The predicted octanol–water partition coefficient (Wildman–Crippen LogP) is 3.31. The Bertz CT molecular complexity index is 1030. The molecule has 0 saturated carbocycles. The Kier molecular flexibility index (Phi) is 6.40. The third-order valence-electron chi connectivity index (χ3n) is 5.75. The van der Waals surface area contributed by atoms with Gasteiger partial charge in [0.05, 0.1) is 24.0 Å². The highest BCUT2D eigenvalue weighted by atomic mass is 32.1. The zero-order chi connectivity index (χ0) is 22.1. The number of anilines is 2. The van der Waals surface area contributed by atoms with Gasteiger partial charge in [-0.25, -0.2) is 9.97 Å². The van der Waals surface area contributed by atoms with Crippen molar-refractivity contribution in [2.45, 2.75) is 52.2 Å². The van der Waals surface area contributed by atoms with Gasteiger partial charge in [-0.15, -0.1) is 0 Å². The minimum absolute atomic E-state index is 0.172. The van der Waals surface area contributed by atoms with Crippen LogP contribution in [0.3, 0.4) is 0 Å². The fourth-order valence-corrected chi connectivity index (χ4v) is 4.61. The number of fused-ring (bicyclic) bond motifs is 1. The summed E-state index contributed by atoms with van der Waals surface area (Å²) in [5.41, 5.74) is 2.25. The van der Waals surface area contributed by atoms with Crippen molar-refractivity contribution in [1.29, 1.82) is 0 Å². The Balaban J connectivity index is 1.62. The first-order valence-corrected chi connectivity index (χ1v) is 11.6. The second-order valence-corrected chi connectivity index (χ2v) is 9.48. The molecule has 4 heterocycles. The van der Waals surface area contributed by atoms with Crippen LogP contribution in [0.4, 0.5) is 16.0 Å². The molecule has 1 aliphatic rings. The van der Waals surface area contributed by atoms with Crippen LogP contribution in [0, 0.1) is 18.0 Å².